The van der Waals surface area contributed by atoms with E-state index in [2.05, 4.69) is 21.6 Å². The van der Waals surface area contributed by atoms with Crippen LogP contribution in [0.3, 0.4) is 0 Å². The van der Waals surface area contributed by atoms with E-state index in [4.69, 9.17) is 4.79 Å². The fourth-order valence-corrected chi connectivity index (χ4v) is 5.96. The molecule has 2 spiro atoms. The average molecular weight is 455 g/mol. The van der Waals surface area contributed by atoms with Gasteiger partial charge < -0.3 is 15.0 Å². The molecule has 178 valence electrons. The monoisotopic (exact) mass is 454 g/mol. The van der Waals surface area contributed by atoms with Gasteiger partial charge in [0.05, 0.1) is 11.1 Å². The van der Waals surface area contributed by atoms with Crippen molar-refractivity contribution >= 4 is 35.9 Å². The molecule has 8 heteroatoms. The van der Waals surface area contributed by atoms with Gasteiger partial charge in [0, 0.05) is 36.2 Å². The molecular formula is C25H34N4O4. The predicted molar refractivity (Wildman–Crippen MR) is 126 cm³/mol. The van der Waals surface area contributed by atoms with Crippen molar-refractivity contribution in [3.63, 3.8) is 0 Å². The summed E-state index contributed by atoms with van der Waals surface area (Å²) in [6, 6.07) is 5.55. The lowest BCUT2D eigenvalue weighted by molar-refractivity contribution is -0.135. The van der Waals surface area contributed by atoms with Crippen molar-refractivity contribution in [3.05, 3.63) is 23.8 Å². The summed E-state index contributed by atoms with van der Waals surface area (Å²) in [7, 11) is 0. The Morgan fingerprint density at radius 3 is 2.21 bits per heavy atom. The van der Waals surface area contributed by atoms with E-state index in [1.165, 1.54) is 18.5 Å². The molecule has 0 radical (unpaired) electrons. The molecule has 4 fully saturated rings. The Bertz CT molecular complexity index is 944. The minimum absolute atomic E-state index is 0.0477. The highest BCUT2D eigenvalue weighted by atomic mass is 16.2. The van der Waals surface area contributed by atoms with Crippen LogP contribution in [-0.2, 0) is 24.6 Å². The quantitative estimate of drug-likeness (QED) is 0.663. The lowest BCUT2D eigenvalue weighted by Gasteiger charge is -2.54. The smallest absolute Gasteiger partial charge is 0.249 e. The highest BCUT2D eigenvalue weighted by molar-refractivity contribution is 6.16. The lowest BCUT2D eigenvalue weighted by Crippen LogP contribution is -2.60. The Morgan fingerprint density at radius 2 is 1.61 bits per heavy atom. The van der Waals surface area contributed by atoms with Crippen LogP contribution in [0.25, 0.3) is 0 Å². The topological polar surface area (TPSA) is 98.8 Å². The number of piperidine rings is 2. The molecule has 5 aliphatic rings. The van der Waals surface area contributed by atoms with E-state index in [1.54, 1.807) is 4.90 Å². The second-order valence-corrected chi connectivity index (χ2v) is 9.50. The van der Waals surface area contributed by atoms with Gasteiger partial charge in [-0.05, 0) is 57.3 Å². The third-order valence-electron chi connectivity index (χ3n) is 7.72. The van der Waals surface area contributed by atoms with Gasteiger partial charge in [0.25, 0.3) is 0 Å². The fraction of sp³-hybridized carbons (Fsp3) is 0.600. The first-order valence-electron chi connectivity index (χ1n) is 12.1. The molecule has 4 heterocycles. The van der Waals surface area contributed by atoms with Crippen LogP contribution in [-0.4, -0.2) is 56.7 Å². The fourth-order valence-electron chi connectivity index (χ4n) is 5.96. The molecule has 1 unspecified atom stereocenters. The standard InChI is InChI=1S/C22H26N4O3.C2H6.CH2O/c27-17-5-4-16(19(28)24-17)26-15-3-1-2-14(18(15)22(6-7-22)20(26)29)25-12-21(13-25)8-10-23-11-9-21;2*1-2/h1-3,16,23H,4-13H2,(H,24,27,28);1-2H3;1H2. The van der Waals surface area contributed by atoms with Crippen molar-refractivity contribution in [2.75, 3.05) is 36.0 Å². The van der Waals surface area contributed by atoms with E-state index in [1.807, 2.05) is 32.8 Å². The molecule has 33 heavy (non-hydrogen) atoms. The molecule has 2 N–H and O–H groups in total. The Labute approximate surface area is 195 Å². The summed E-state index contributed by atoms with van der Waals surface area (Å²) in [6.07, 6.45) is 4.81. The molecule has 1 aromatic rings. The molecule has 8 nitrogen and oxygen atoms in total. The molecule has 0 aromatic heterocycles. The molecule has 0 bridgehead atoms. The first kappa shape index (κ1) is 23.4. The summed E-state index contributed by atoms with van der Waals surface area (Å²) in [5.41, 5.74) is 3.14. The zero-order valence-electron chi connectivity index (χ0n) is 19.6. The number of carbonyl (C=O) groups is 4. The van der Waals surface area contributed by atoms with Crippen LogP contribution < -0.4 is 20.4 Å². The van der Waals surface area contributed by atoms with E-state index in [-0.39, 0.29) is 24.1 Å². The maximum atomic E-state index is 13.5. The van der Waals surface area contributed by atoms with Gasteiger partial charge in [-0.15, -0.1) is 0 Å². The second-order valence-electron chi connectivity index (χ2n) is 9.50. The second kappa shape index (κ2) is 8.89. The van der Waals surface area contributed by atoms with E-state index in [0.717, 1.165) is 50.3 Å². The van der Waals surface area contributed by atoms with Gasteiger partial charge in [0.15, 0.2) is 0 Å². The third kappa shape index (κ3) is 3.64. The van der Waals surface area contributed by atoms with Crippen LogP contribution in [0.2, 0.25) is 0 Å². The van der Waals surface area contributed by atoms with Crippen LogP contribution in [0, 0.1) is 5.41 Å². The van der Waals surface area contributed by atoms with Crippen LogP contribution in [0.4, 0.5) is 11.4 Å². The van der Waals surface area contributed by atoms with Gasteiger partial charge in [-0.25, -0.2) is 0 Å². The number of imide groups is 1. The van der Waals surface area contributed by atoms with Crippen molar-refractivity contribution in [1.29, 1.82) is 0 Å². The van der Waals surface area contributed by atoms with Gasteiger partial charge in [-0.1, -0.05) is 19.9 Å². The Balaban J connectivity index is 0.000000617. The molecule has 1 saturated carbocycles. The first-order chi connectivity index (χ1) is 16.0. The SMILES string of the molecule is C=O.CC.O=C1CCC(N2C(=O)C3(CC3)c3c(N4CC5(CCNCC5)C4)cccc32)C(=O)N1. The zero-order valence-corrected chi connectivity index (χ0v) is 19.6. The molecule has 6 rings (SSSR count). The Morgan fingerprint density at radius 1 is 0.970 bits per heavy atom. The van der Waals surface area contributed by atoms with Crippen LogP contribution in [0.15, 0.2) is 18.2 Å². The third-order valence-corrected chi connectivity index (χ3v) is 7.72. The van der Waals surface area contributed by atoms with E-state index >= 15 is 0 Å². The largest absolute Gasteiger partial charge is 0.370 e. The predicted octanol–water partition coefficient (Wildman–Crippen LogP) is 1.90. The molecule has 4 aliphatic heterocycles. The summed E-state index contributed by atoms with van der Waals surface area (Å²) in [4.78, 5) is 49.7. The maximum Gasteiger partial charge on any atom is 0.249 e. The molecule has 3 amide bonds. The van der Waals surface area contributed by atoms with Gasteiger partial charge in [-0.2, -0.15) is 0 Å². The van der Waals surface area contributed by atoms with Gasteiger partial charge in [0.2, 0.25) is 17.7 Å². The molecule has 1 aromatic carbocycles. The highest BCUT2D eigenvalue weighted by Crippen LogP contribution is 2.61. The molecule has 1 atom stereocenters. The number of hydrogen-bond donors (Lipinski definition) is 2. The number of hydrogen-bond acceptors (Lipinski definition) is 6. The minimum Gasteiger partial charge on any atom is -0.370 e. The van der Waals surface area contributed by atoms with Gasteiger partial charge in [0.1, 0.15) is 12.8 Å². The van der Waals surface area contributed by atoms with Gasteiger partial charge in [-0.3, -0.25) is 24.6 Å². The average Bonchev–Trinajstić information content (AvgIpc) is 3.59. The number of fused-ring (bicyclic) bond motifs is 2. The summed E-state index contributed by atoms with van der Waals surface area (Å²) >= 11 is 0. The number of nitrogens with zero attached hydrogens (tertiary/aromatic N) is 2. The lowest BCUT2D eigenvalue weighted by atomic mass is 9.72. The number of amides is 3. The summed E-state index contributed by atoms with van der Waals surface area (Å²) in [5.74, 6) is -0.548. The Hall–Kier alpha value is -2.74. The van der Waals surface area contributed by atoms with Crippen molar-refractivity contribution in [3.8, 4) is 0 Å². The van der Waals surface area contributed by atoms with E-state index in [9.17, 15) is 14.4 Å². The van der Waals surface area contributed by atoms with Gasteiger partial charge >= 0.3 is 0 Å². The first-order valence-corrected chi connectivity index (χ1v) is 12.1. The van der Waals surface area contributed by atoms with Crippen molar-refractivity contribution in [2.45, 2.75) is 63.8 Å². The molecule has 1 aliphatic carbocycles. The van der Waals surface area contributed by atoms with Crippen molar-refractivity contribution in [1.82, 2.24) is 10.6 Å². The van der Waals surface area contributed by atoms with Crippen LogP contribution >= 0.6 is 0 Å². The summed E-state index contributed by atoms with van der Waals surface area (Å²) in [6.45, 7) is 10.3. The van der Waals surface area contributed by atoms with Crippen molar-refractivity contribution in [2.24, 2.45) is 5.41 Å². The normalized spacial score (nSPS) is 25.9. The molecular weight excluding hydrogens is 420 g/mol. The van der Waals surface area contributed by atoms with Crippen LogP contribution in [0.1, 0.15) is 57.9 Å². The Kier molecular flexibility index (Phi) is 6.31. The summed E-state index contributed by atoms with van der Waals surface area (Å²) in [5, 5.41) is 5.87. The number of benzene rings is 1. The van der Waals surface area contributed by atoms with E-state index < -0.39 is 11.5 Å². The molecule has 3 saturated heterocycles. The highest BCUT2D eigenvalue weighted by Gasteiger charge is 2.63. The van der Waals surface area contributed by atoms with Crippen molar-refractivity contribution < 1.29 is 19.2 Å². The van der Waals surface area contributed by atoms with E-state index in [0.29, 0.717) is 11.8 Å². The number of anilines is 2. The minimum atomic E-state index is -0.582. The summed E-state index contributed by atoms with van der Waals surface area (Å²) < 4.78 is 0. The maximum absolute atomic E-state index is 13.5. The number of nitrogens with one attached hydrogen (secondary N) is 2. The van der Waals surface area contributed by atoms with Crippen LogP contribution in [0.5, 0.6) is 0 Å². The zero-order chi connectivity index (χ0) is 23.8. The number of rotatable bonds is 2. The number of carbonyl (C=O) groups excluding carboxylic acids is 4.